The highest BCUT2D eigenvalue weighted by Gasteiger charge is 2.50. The van der Waals surface area contributed by atoms with E-state index in [2.05, 4.69) is 6.07 Å². The van der Waals surface area contributed by atoms with E-state index in [1.54, 1.807) is 9.80 Å². The lowest BCUT2D eigenvalue weighted by atomic mass is 9.94. The van der Waals surface area contributed by atoms with Gasteiger partial charge in [0, 0.05) is 44.1 Å². The van der Waals surface area contributed by atoms with Gasteiger partial charge in [-0.05, 0) is 54.5 Å². The number of piperazine rings is 1. The highest BCUT2D eigenvalue weighted by atomic mass is 16.3. The zero-order chi connectivity index (χ0) is 23.7. The van der Waals surface area contributed by atoms with Gasteiger partial charge in [-0.15, -0.1) is 0 Å². The van der Waals surface area contributed by atoms with Crippen molar-refractivity contribution in [1.29, 1.82) is 0 Å². The molecule has 0 radical (unpaired) electrons. The van der Waals surface area contributed by atoms with E-state index in [1.807, 2.05) is 42.5 Å². The number of amides is 2. The molecule has 2 amide bonds. The van der Waals surface area contributed by atoms with Crippen LogP contribution in [0.2, 0.25) is 0 Å². The van der Waals surface area contributed by atoms with E-state index >= 15 is 0 Å². The Hall–Kier alpha value is -2.99. The zero-order valence-corrected chi connectivity index (χ0v) is 19.5. The third-order valence-electron chi connectivity index (χ3n) is 7.56. The number of carbonyl (C=O) groups excluding carboxylic acids is 3. The van der Waals surface area contributed by atoms with Gasteiger partial charge in [0.25, 0.3) is 11.8 Å². The molecule has 5 rings (SSSR count). The third-order valence-corrected chi connectivity index (χ3v) is 7.56. The molecule has 2 aliphatic carbocycles. The van der Waals surface area contributed by atoms with E-state index in [0.717, 1.165) is 29.5 Å². The van der Waals surface area contributed by atoms with Gasteiger partial charge in [0.05, 0.1) is 0 Å². The second kappa shape index (κ2) is 9.34. The van der Waals surface area contributed by atoms with Crippen molar-refractivity contribution in [1.82, 2.24) is 9.80 Å². The van der Waals surface area contributed by atoms with Crippen molar-refractivity contribution in [3.05, 3.63) is 59.7 Å². The Kier molecular flexibility index (Phi) is 6.26. The maximum Gasteiger partial charge on any atom is 0.254 e. The second-order valence-corrected chi connectivity index (χ2v) is 10.0. The monoisotopic (exact) mass is 460 g/mol. The summed E-state index contributed by atoms with van der Waals surface area (Å²) in [6.45, 7) is 1.85. The predicted molar refractivity (Wildman–Crippen MR) is 129 cm³/mol. The average Bonchev–Trinajstić information content (AvgIpc) is 3.38. The summed E-state index contributed by atoms with van der Waals surface area (Å²) in [7, 11) is 0. The number of benzene rings is 2. The largest absolute Gasteiger partial charge is 0.380 e. The average molecular weight is 461 g/mol. The van der Waals surface area contributed by atoms with Gasteiger partial charge in [-0.1, -0.05) is 49.2 Å². The standard InChI is InChI=1S/C28H32N2O4/c31-25(22-5-1-2-6-22)19-20-4-3-7-24(18-20)21-8-10-23(11-9-21)26(32)29-14-16-30(17-15-29)27(33)28(34)12-13-28/h3-4,7-11,18,22,34H,1-2,5-6,12-17,19H2. The lowest BCUT2D eigenvalue weighted by Gasteiger charge is -2.35. The summed E-state index contributed by atoms with van der Waals surface area (Å²) in [5.41, 5.74) is 2.57. The first-order chi connectivity index (χ1) is 16.4. The number of carbonyl (C=O) groups is 3. The first kappa shape index (κ1) is 22.8. The van der Waals surface area contributed by atoms with Gasteiger partial charge in [0.1, 0.15) is 11.4 Å². The van der Waals surface area contributed by atoms with Gasteiger partial charge in [-0.3, -0.25) is 14.4 Å². The molecule has 0 spiro atoms. The molecule has 1 saturated heterocycles. The molecule has 6 nitrogen and oxygen atoms in total. The van der Waals surface area contributed by atoms with Gasteiger partial charge >= 0.3 is 0 Å². The smallest absolute Gasteiger partial charge is 0.254 e. The molecule has 3 fully saturated rings. The summed E-state index contributed by atoms with van der Waals surface area (Å²) in [5.74, 6) is 0.340. The number of hydrogen-bond donors (Lipinski definition) is 1. The van der Waals surface area contributed by atoms with Crippen LogP contribution in [0.1, 0.15) is 54.4 Å². The van der Waals surface area contributed by atoms with Crippen molar-refractivity contribution >= 4 is 17.6 Å². The molecule has 3 aliphatic rings. The van der Waals surface area contributed by atoms with Crippen molar-refractivity contribution in [3.63, 3.8) is 0 Å². The van der Waals surface area contributed by atoms with Gasteiger partial charge in [0.2, 0.25) is 0 Å². The van der Waals surface area contributed by atoms with E-state index in [4.69, 9.17) is 0 Å². The Morgan fingerprint density at radius 1 is 0.853 bits per heavy atom. The molecule has 0 bridgehead atoms. The lowest BCUT2D eigenvalue weighted by molar-refractivity contribution is -0.143. The summed E-state index contributed by atoms with van der Waals surface area (Å²) < 4.78 is 0. The van der Waals surface area contributed by atoms with E-state index < -0.39 is 5.60 Å². The Morgan fingerprint density at radius 2 is 1.50 bits per heavy atom. The summed E-state index contributed by atoms with van der Waals surface area (Å²) in [5, 5.41) is 10.0. The molecule has 1 N–H and O–H groups in total. The molecule has 0 aromatic heterocycles. The van der Waals surface area contributed by atoms with Crippen LogP contribution >= 0.6 is 0 Å². The van der Waals surface area contributed by atoms with Crippen LogP contribution in [-0.2, 0) is 16.0 Å². The number of aliphatic hydroxyl groups is 1. The van der Waals surface area contributed by atoms with Gasteiger partial charge in [-0.2, -0.15) is 0 Å². The van der Waals surface area contributed by atoms with E-state index in [1.165, 1.54) is 12.8 Å². The minimum Gasteiger partial charge on any atom is -0.380 e. The maximum absolute atomic E-state index is 13.0. The fourth-order valence-electron chi connectivity index (χ4n) is 5.18. The van der Waals surface area contributed by atoms with Crippen molar-refractivity contribution in [2.45, 2.75) is 50.5 Å². The molecular weight excluding hydrogens is 428 g/mol. The first-order valence-electron chi connectivity index (χ1n) is 12.5. The molecular formula is C28H32N2O4. The Balaban J connectivity index is 1.20. The van der Waals surface area contributed by atoms with Crippen LogP contribution < -0.4 is 0 Å². The topological polar surface area (TPSA) is 77.9 Å². The van der Waals surface area contributed by atoms with Crippen molar-refractivity contribution in [2.75, 3.05) is 26.2 Å². The fraction of sp³-hybridized carbons (Fsp3) is 0.464. The second-order valence-electron chi connectivity index (χ2n) is 10.0. The van der Waals surface area contributed by atoms with E-state index in [9.17, 15) is 19.5 Å². The molecule has 178 valence electrons. The van der Waals surface area contributed by atoms with Crippen LogP contribution in [-0.4, -0.2) is 64.3 Å². The number of hydrogen-bond acceptors (Lipinski definition) is 4. The number of rotatable bonds is 6. The maximum atomic E-state index is 13.0. The zero-order valence-electron chi connectivity index (χ0n) is 19.5. The SMILES string of the molecule is O=C(Cc1cccc(-c2ccc(C(=O)N3CCN(C(=O)C4(O)CC4)CC3)cc2)c1)C1CCCC1. The van der Waals surface area contributed by atoms with Crippen molar-refractivity contribution < 1.29 is 19.5 Å². The predicted octanol–water partition coefficient (Wildman–Crippen LogP) is 3.46. The third kappa shape index (κ3) is 4.78. The minimum absolute atomic E-state index is 0.0420. The summed E-state index contributed by atoms with van der Waals surface area (Å²) in [6.07, 6.45) is 5.95. The normalized spacial score (nSPS) is 19.8. The fourth-order valence-corrected chi connectivity index (χ4v) is 5.18. The van der Waals surface area contributed by atoms with Crippen LogP contribution in [0.15, 0.2) is 48.5 Å². The van der Waals surface area contributed by atoms with Crippen molar-refractivity contribution in [3.8, 4) is 11.1 Å². The molecule has 0 atom stereocenters. The van der Waals surface area contributed by atoms with Crippen LogP contribution in [0, 0.1) is 5.92 Å². The molecule has 2 aromatic rings. The van der Waals surface area contributed by atoms with Crippen LogP contribution in [0.4, 0.5) is 0 Å². The van der Waals surface area contributed by atoms with Gasteiger partial charge in [-0.25, -0.2) is 0 Å². The summed E-state index contributed by atoms with van der Waals surface area (Å²) in [6, 6.07) is 15.7. The Morgan fingerprint density at radius 3 is 2.15 bits per heavy atom. The molecule has 1 heterocycles. The van der Waals surface area contributed by atoms with Gasteiger partial charge < -0.3 is 14.9 Å². The highest BCUT2D eigenvalue weighted by Crippen LogP contribution is 2.37. The number of nitrogens with zero attached hydrogens (tertiary/aromatic N) is 2. The van der Waals surface area contributed by atoms with Crippen LogP contribution in [0.5, 0.6) is 0 Å². The number of Topliss-reactive ketones (excluding diaryl/α,β-unsaturated/α-hetero) is 1. The molecule has 0 unspecified atom stereocenters. The summed E-state index contributed by atoms with van der Waals surface area (Å²) in [4.78, 5) is 41.3. The Labute approximate surface area is 200 Å². The minimum atomic E-state index is -1.15. The highest BCUT2D eigenvalue weighted by molar-refractivity contribution is 5.95. The molecule has 1 aliphatic heterocycles. The van der Waals surface area contributed by atoms with Crippen molar-refractivity contribution in [2.24, 2.45) is 5.92 Å². The molecule has 2 saturated carbocycles. The molecule has 6 heteroatoms. The first-order valence-corrected chi connectivity index (χ1v) is 12.5. The lowest BCUT2D eigenvalue weighted by Crippen LogP contribution is -2.53. The van der Waals surface area contributed by atoms with Crippen LogP contribution in [0.25, 0.3) is 11.1 Å². The van der Waals surface area contributed by atoms with E-state index in [-0.39, 0.29) is 17.7 Å². The molecule has 34 heavy (non-hydrogen) atoms. The van der Waals surface area contributed by atoms with Gasteiger partial charge in [0.15, 0.2) is 0 Å². The van der Waals surface area contributed by atoms with Crippen LogP contribution in [0.3, 0.4) is 0 Å². The number of ketones is 1. The quantitative estimate of drug-likeness (QED) is 0.716. The van der Waals surface area contributed by atoms with E-state index in [0.29, 0.717) is 56.8 Å². The molecule has 2 aromatic carbocycles. The summed E-state index contributed by atoms with van der Waals surface area (Å²) >= 11 is 0. The Bertz CT molecular complexity index is 1080.